The number of ether oxygens (including phenoxy) is 10. The lowest BCUT2D eigenvalue weighted by Crippen LogP contribution is -2.37. The Morgan fingerprint density at radius 3 is 1.94 bits per heavy atom. The average Bonchev–Trinajstić information content (AvgIpc) is 1.49. The summed E-state index contributed by atoms with van der Waals surface area (Å²) in [6.45, 7) is 17.9. The topological polar surface area (TPSA) is 280 Å². The average molecular weight is 1510 g/mol. The molecule has 7 aromatic carbocycles. The van der Waals surface area contributed by atoms with E-state index in [0.717, 1.165) is 39.4 Å². The molecule has 4 N–H and O–H groups in total. The highest BCUT2D eigenvalue weighted by Gasteiger charge is 2.50. The van der Waals surface area contributed by atoms with Crippen LogP contribution in [-0.2, 0) is 48.5 Å². The molecule has 108 heavy (non-hydrogen) atoms. The summed E-state index contributed by atoms with van der Waals surface area (Å²) < 4.78 is 111. The Morgan fingerprint density at radius 1 is 0.648 bits per heavy atom. The molecule has 14 rings (SSSR count). The second-order valence-corrected chi connectivity index (χ2v) is 30.6. The fourth-order valence-electron chi connectivity index (χ4n) is 13.7. The lowest BCUT2D eigenvalue weighted by atomic mass is 9.78. The molecular weight excluding hydrogens is 1430 g/mol. The quantitative estimate of drug-likeness (QED) is 0.0463. The zero-order chi connectivity index (χ0) is 77.0. The number of aliphatic carboxylic acids is 3. The van der Waals surface area contributed by atoms with Crippen LogP contribution in [0.2, 0.25) is 0 Å². The van der Waals surface area contributed by atoms with Gasteiger partial charge in [-0.15, -0.1) is 20.1 Å². The van der Waals surface area contributed by atoms with Crippen LogP contribution < -0.4 is 52.1 Å². The lowest BCUT2D eigenvalue weighted by Gasteiger charge is -2.30. The summed E-state index contributed by atoms with van der Waals surface area (Å²) in [7, 11) is -2.61. The molecule has 3 unspecified atom stereocenters. The number of methoxy groups -OCH3 is 1. The van der Waals surface area contributed by atoms with Gasteiger partial charge in [0.1, 0.15) is 23.0 Å². The molecule has 25 heteroatoms. The Balaban J connectivity index is 0.000000152. The highest BCUT2D eigenvalue weighted by Crippen LogP contribution is 2.56. The number of carboxylic acid groups (broad SMARTS) is 3. The third kappa shape index (κ3) is 16.8. The van der Waals surface area contributed by atoms with E-state index in [4.69, 9.17) is 42.9 Å². The van der Waals surface area contributed by atoms with E-state index in [1.807, 2.05) is 101 Å². The van der Waals surface area contributed by atoms with Crippen LogP contribution in [-0.4, -0.2) is 85.6 Å². The van der Waals surface area contributed by atoms with Gasteiger partial charge in [-0.1, -0.05) is 109 Å². The Bertz CT molecular complexity index is 5040. The number of para-hydroxylation sites is 1. The molecule has 0 saturated heterocycles. The van der Waals surface area contributed by atoms with Crippen molar-refractivity contribution in [2.75, 3.05) is 20.7 Å². The number of thiophene rings is 1. The van der Waals surface area contributed by atoms with Crippen LogP contribution >= 0.6 is 11.3 Å². The number of aryl methyl sites for hydroxylation is 2. The third-order valence-electron chi connectivity index (χ3n) is 18.7. The molecule has 6 atom stereocenters. The summed E-state index contributed by atoms with van der Waals surface area (Å²) in [5, 5.41) is 30.6. The van der Waals surface area contributed by atoms with E-state index in [-0.39, 0.29) is 54.0 Å². The summed E-state index contributed by atoms with van der Waals surface area (Å²) >= 11 is 1.55. The summed E-state index contributed by atoms with van der Waals surface area (Å²) in [5.41, 5.74) is 8.38. The first-order valence-corrected chi connectivity index (χ1v) is 37.6. The number of pyridine rings is 1. The fraction of sp³-hybridized carbons (Fsp3) is 0.313. The predicted octanol–water partition coefficient (Wildman–Crippen LogP) is 16.6. The molecule has 2 aromatic heterocycles. The first-order valence-electron chi connectivity index (χ1n) is 35.3. The van der Waals surface area contributed by atoms with Crippen molar-refractivity contribution in [2.24, 2.45) is 17.8 Å². The second kappa shape index (κ2) is 32.1. The van der Waals surface area contributed by atoms with E-state index < -0.39 is 76.0 Å². The summed E-state index contributed by atoms with van der Waals surface area (Å²) in [4.78, 5) is 57.8. The Hall–Kier alpha value is -11.2. The molecular formula is C83H82F2N2O19S2. The zero-order valence-corrected chi connectivity index (χ0v) is 62.6. The van der Waals surface area contributed by atoms with Crippen LogP contribution in [0.1, 0.15) is 163 Å². The predicted molar refractivity (Wildman–Crippen MR) is 397 cm³/mol. The first kappa shape index (κ1) is 76.5. The minimum atomic E-state index is -4.11. The van der Waals surface area contributed by atoms with Gasteiger partial charge in [0.2, 0.25) is 19.7 Å². The van der Waals surface area contributed by atoms with Crippen molar-refractivity contribution in [1.82, 2.24) is 9.71 Å². The molecule has 5 aliphatic rings. The van der Waals surface area contributed by atoms with E-state index in [1.165, 1.54) is 31.4 Å². The maximum absolute atomic E-state index is 13.8. The number of nitrogens with zero attached hydrogens (tertiary/aromatic N) is 1. The highest BCUT2D eigenvalue weighted by atomic mass is 32.2. The number of halogens is 2. The number of alkyl halides is 2. The van der Waals surface area contributed by atoms with Crippen LogP contribution in [0.15, 0.2) is 174 Å². The molecule has 0 saturated carbocycles. The monoisotopic (exact) mass is 1510 g/mol. The maximum Gasteiger partial charge on any atom is 0.586 e. The van der Waals surface area contributed by atoms with Gasteiger partial charge in [0.25, 0.3) is 15.9 Å². The van der Waals surface area contributed by atoms with E-state index in [9.17, 15) is 51.7 Å². The first-order chi connectivity index (χ1) is 51.6. The Labute approximate surface area is 628 Å². The smallest absolute Gasteiger partial charge is 0.497 e. The summed E-state index contributed by atoms with van der Waals surface area (Å²) in [6, 6.07) is 47.1. The molecule has 564 valence electrons. The van der Waals surface area contributed by atoms with E-state index >= 15 is 0 Å². The number of carbonyl (C=O) groups excluding carboxylic acids is 1. The Kier molecular flexibility index (Phi) is 22.7. The number of rotatable bonds is 23. The van der Waals surface area contributed by atoms with Crippen molar-refractivity contribution in [1.29, 1.82) is 0 Å². The molecule has 9 aromatic rings. The van der Waals surface area contributed by atoms with Crippen molar-refractivity contribution in [3.05, 3.63) is 241 Å². The van der Waals surface area contributed by atoms with Crippen LogP contribution in [0, 0.1) is 24.7 Å². The zero-order valence-electron chi connectivity index (χ0n) is 60.9. The van der Waals surface area contributed by atoms with E-state index in [2.05, 4.69) is 35.0 Å². The van der Waals surface area contributed by atoms with Crippen molar-refractivity contribution >= 4 is 50.7 Å². The van der Waals surface area contributed by atoms with Crippen molar-refractivity contribution in [3.8, 4) is 57.5 Å². The lowest BCUT2D eigenvalue weighted by molar-refractivity contribution is -0.286. The van der Waals surface area contributed by atoms with Gasteiger partial charge in [-0.25, -0.2) is 17.9 Å². The fourth-order valence-corrected chi connectivity index (χ4v) is 15.7. The number of sulfonamides is 1. The van der Waals surface area contributed by atoms with Gasteiger partial charge in [-0.05, 0) is 188 Å². The number of hydrogen-bond acceptors (Lipinski definition) is 18. The van der Waals surface area contributed by atoms with Crippen molar-refractivity contribution < 1.29 is 99.1 Å². The maximum atomic E-state index is 13.8. The number of hydrogen-bond donors (Lipinski definition) is 4. The normalized spacial score (nSPS) is 17.3. The van der Waals surface area contributed by atoms with Gasteiger partial charge in [-0.2, -0.15) is 0 Å². The molecule has 0 fully saturated rings. The Morgan fingerprint density at radius 2 is 1.29 bits per heavy atom. The molecule has 4 aliphatic heterocycles. The van der Waals surface area contributed by atoms with Gasteiger partial charge < -0.3 is 62.7 Å². The third-order valence-corrected chi connectivity index (χ3v) is 21.1. The van der Waals surface area contributed by atoms with Gasteiger partial charge in [0.15, 0.2) is 40.6 Å². The molecule has 0 bridgehead atoms. The molecule has 0 radical (unpaired) electrons. The van der Waals surface area contributed by atoms with Crippen molar-refractivity contribution in [3.63, 3.8) is 0 Å². The number of fused-ring (bicyclic) bond motifs is 5. The van der Waals surface area contributed by atoms with Gasteiger partial charge in [-0.3, -0.25) is 19.4 Å². The second-order valence-electron chi connectivity index (χ2n) is 27.7. The molecule has 1 aliphatic carbocycles. The molecule has 21 nitrogen and oxygen atoms in total. The van der Waals surface area contributed by atoms with E-state index in [0.29, 0.717) is 109 Å². The van der Waals surface area contributed by atoms with Crippen molar-refractivity contribution in [2.45, 2.75) is 135 Å². The van der Waals surface area contributed by atoms with Crippen LogP contribution in [0.25, 0.3) is 5.57 Å². The largest absolute Gasteiger partial charge is 0.586 e. The minimum absolute atomic E-state index is 0.00528. The summed E-state index contributed by atoms with van der Waals surface area (Å²) in [5.74, 6) is -2.42. The number of amides is 1. The minimum Gasteiger partial charge on any atom is -0.497 e. The number of nitrogens with one attached hydrogen (secondary N) is 1. The summed E-state index contributed by atoms with van der Waals surface area (Å²) in [6.07, 6.45) is -3.38. The number of aromatic nitrogens is 1. The highest BCUT2D eigenvalue weighted by molar-refractivity contribution is 7.90. The number of benzene rings is 7. The van der Waals surface area contributed by atoms with Crippen LogP contribution in [0.3, 0.4) is 0 Å². The van der Waals surface area contributed by atoms with E-state index in [1.54, 1.807) is 91.1 Å². The molecule has 0 spiro atoms. The van der Waals surface area contributed by atoms with Gasteiger partial charge in [0, 0.05) is 49.5 Å². The van der Waals surface area contributed by atoms with Crippen LogP contribution in [0.5, 0.6) is 57.5 Å². The standard InChI is InChI=1S/C31H31F2NO7.C27H29NO6S.C25H22O6S/c1-15(2)11-19-6-8-22-25(17-5-10-23-24(14-17)41-31(32,33)40-23)27(30(37)38)26(28(22)34-19)21-9-7-20(39-4)13-18(21)12-16(3)29(35)36;1-4-7-20-8-5-6-9-23(20)34-26(21-12-15-24-25(16-21)33-17-32-24)27(29)28-35(30,31)22-13-10-19(11-14-22)18(2)3;1-13(2)30-16-6-8-18-17(11-16)22(21-9-4-14(3)32-21)23(25(26)27)24(31-18)15-5-7-19-20(10-15)29-12-28-19/h5-10,13-16,25-27H,11-12H2,1-4H3,(H,35,36)(H,37,38);5-6,8-16,18,26H,4,7,17H2,1-3H3,(H,28,29);4-11,13,24H,12H2,1-3H3,(H,26,27)/t16?,25-,26-,27+;;/m0../s1. The molecule has 6 heterocycles. The van der Waals surface area contributed by atoms with Crippen LogP contribution in [0.4, 0.5) is 8.78 Å². The molecule has 1 amide bonds. The van der Waals surface area contributed by atoms with Gasteiger partial charge >= 0.3 is 24.2 Å². The number of carboxylic acids is 3. The SMILES string of the molecule is CCCc1ccccc1OC(C(=O)NS(=O)(=O)c1ccc(C(C)C)cc1)c1ccc2c(c1)OCO2.COc1ccc([C@@H]2c3nc(CC(C)C)ccc3[C@H](c3ccc4c(c3)OC(F)(F)O4)[C@H]2C(=O)O)c(CC(C)C(=O)O)c1.Cc1ccc(C2=C(C(=O)O)C(c3ccc4c(c3)OCO4)Oc3ccc(OC(C)C)cc32)s1. The van der Waals surface area contributed by atoms with Gasteiger partial charge in [0.05, 0.1) is 41.2 Å². The number of carbonyl (C=O) groups is 4.